The summed E-state index contributed by atoms with van der Waals surface area (Å²) in [4.78, 5) is 24.9. The highest BCUT2D eigenvalue weighted by Gasteiger charge is 2.20. The van der Waals surface area contributed by atoms with Crippen LogP contribution in [0.4, 0.5) is 0 Å². The number of carboxylic acid groups (broad SMARTS) is 1. The zero-order chi connectivity index (χ0) is 15.3. The average molecular weight is 342 g/mol. The third kappa shape index (κ3) is 4.63. The molecular weight excluding hydrogens is 322 g/mol. The molecule has 1 N–H and O–H groups in total. The van der Waals surface area contributed by atoms with Crippen LogP contribution in [-0.4, -0.2) is 34.5 Å². The third-order valence-electron chi connectivity index (χ3n) is 3.03. The highest BCUT2D eigenvalue weighted by atomic mass is 79.9. The van der Waals surface area contributed by atoms with Gasteiger partial charge < -0.3 is 10.0 Å². The first-order chi connectivity index (χ1) is 9.32. The lowest BCUT2D eigenvalue weighted by molar-refractivity contribution is -0.137. The van der Waals surface area contributed by atoms with E-state index in [4.69, 9.17) is 5.11 Å². The molecule has 0 fully saturated rings. The molecule has 4 nitrogen and oxygen atoms in total. The summed E-state index contributed by atoms with van der Waals surface area (Å²) in [5.74, 6) is -0.904. The lowest BCUT2D eigenvalue weighted by Crippen LogP contribution is -2.38. The molecule has 0 heterocycles. The number of carbonyl (C=O) groups excluding carboxylic acids is 1. The number of benzene rings is 1. The number of nitrogens with zero attached hydrogens (tertiary/aromatic N) is 1. The molecule has 1 rings (SSSR count). The van der Waals surface area contributed by atoms with Gasteiger partial charge in [0.05, 0.1) is 5.56 Å². The van der Waals surface area contributed by atoms with E-state index < -0.39 is 5.97 Å². The summed E-state index contributed by atoms with van der Waals surface area (Å²) in [6.45, 7) is 6.25. The van der Waals surface area contributed by atoms with Gasteiger partial charge in [0.1, 0.15) is 0 Å². The van der Waals surface area contributed by atoms with Crippen molar-refractivity contribution >= 4 is 27.8 Å². The Kier molecular flexibility index (Phi) is 6.20. The number of carbonyl (C=O) groups is 2. The van der Waals surface area contributed by atoms with Gasteiger partial charge >= 0.3 is 5.97 Å². The van der Waals surface area contributed by atoms with Gasteiger partial charge in [-0.1, -0.05) is 11.6 Å². The van der Waals surface area contributed by atoms with Gasteiger partial charge in [-0.25, -0.2) is 0 Å². The van der Waals surface area contributed by atoms with E-state index in [0.717, 1.165) is 10.0 Å². The van der Waals surface area contributed by atoms with E-state index in [9.17, 15) is 9.59 Å². The van der Waals surface area contributed by atoms with Crippen molar-refractivity contribution in [1.29, 1.82) is 0 Å². The van der Waals surface area contributed by atoms with Crippen LogP contribution >= 0.6 is 15.9 Å². The number of rotatable bonds is 6. The second-order valence-corrected chi connectivity index (χ2v) is 5.93. The summed E-state index contributed by atoms with van der Waals surface area (Å²) in [6.07, 6.45) is 0.536. The lowest BCUT2D eigenvalue weighted by atomic mass is 10.1. The second-order valence-electron chi connectivity index (χ2n) is 5.07. The maximum Gasteiger partial charge on any atom is 0.303 e. The van der Waals surface area contributed by atoms with Crippen LogP contribution in [0, 0.1) is 6.92 Å². The van der Waals surface area contributed by atoms with Crippen LogP contribution in [0.3, 0.4) is 0 Å². The molecule has 110 valence electrons. The molecule has 0 saturated carbocycles. The molecule has 0 aliphatic carbocycles. The number of carboxylic acids is 1. The first-order valence-corrected chi connectivity index (χ1v) is 7.41. The minimum atomic E-state index is -0.835. The normalized spacial score (nSPS) is 10.7. The summed E-state index contributed by atoms with van der Waals surface area (Å²) in [5, 5.41) is 8.69. The van der Waals surface area contributed by atoms with E-state index >= 15 is 0 Å². The quantitative estimate of drug-likeness (QED) is 0.861. The van der Waals surface area contributed by atoms with Gasteiger partial charge in [0.2, 0.25) is 0 Å². The van der Waals surface area contributed by atoms with Gasteiger partial charge in [-0.05, 0) is 55.3 Å². The Morgan fingerprint density at radius 2 is 2.00 bits per heavy atom. The molecule has 0 aliphatic rings. The zero-order valence-corrected chi connectivity index (χ0v) is 13.6. The smallest absolute Gasteiger partial charge is 0.303 e. The standard InChI is InChI=1S/C15H20BrNO3/c1-10(2)17(8-4-5-14(18)19)15(20)12-9-11(3)6-7-13(12)16/h6-7,9-10H,4-5,8H2,1-3H3,(H,18,19). The van der Waals surface area contributed by atoms with Crippen molar-refractivity contribution in [3.8, 4) is 0 Å². The SMILES string of the molecule is Cc1ccc(Br)c(C(=O)N(CCCC(=O)O)C(C)C)c1. The summed E-state index contributed by atoms with van der Waals surface area (Å²) < 4.78 is 0.761. The number of halogens is 1. The largest absolute Gasteiger partial charge is 0.481 e. The van der Waals surface area contributed by atoms with Crippen LogP contribution in [0.15, 0.2) is 22.7 Å². The van der Waals surface area contributed by atoms with Crippen LogP contribution in [0.25, 0.3) is 0 Å². The van der Waals surface area contributed by atoms with Crippen molar-refractivity contribution in [3.05, 3.63) is 33.8 Å². The number of aliphatic carboxylic acids is 1. The van der Waals surface area contributed by atoms with E-state index in [-0.39, 0.29) is 18.4 Å². The van der Waals surface area contributed by atoms with Crippen molar-refractivity contribution in [3.63, 3.8) is 0 Å². The van der Waals surface area contributed by atoms with E-state index in [0.29, 0.717) is 18.5 Å². The topological polar surface area (TPSA) is 57.6 Å². The Labute approximate surface area is 127 Å². The molecule has 0 unspecified atom stereocenters. The molecule has 0 aromatic heterocycles. The minimum absolute atomic E-state index is 0.0312. The van der Waals surface area contributed by atoms with Crippen molar-refractivity contribution in [2.45, 2.75) is 39.7 Å². The molecule has 1 aromatic rings. The highest BCUT2D eigenvalue weighted by Crippen LogP contribution is 2.21. The Hall–Kier alpha value is -1.36. The van der Waals surface area contributed by atoms with Gasteiger partial charge in [0, 0.05) is 23.5 Å². The van der Waals surface area contributed by atoms with Crippen LogP contribution in [0.2, 0.25) is 0 Å². The summed E-state index contributed by atoms with van der Waals surface area (Å²) >= 11 is 3.40. The molecular formula is C15H20BrNO3. The second kappa shape index (κ2) is 7.43. The maximum atomic E-state index is 12.6. The molecule has 0 aliphatic heterocycles. The predicted molar refractivity (Wildman–Crippen MR) is 81.9 cm³/mol. The summed E-state index contributed by atoms with van der Waals surface area (Å²) in [5.41, 5.74) is 1.64. The molecule has 0 spiro atoms. The van der Waals surface area contributed by atoms with E-state index in [2.05, 4.69) is 15.9 Å². The Bertz CT molecular complexity index is 500. The molecule has 0 saturated heterocycles. The van der Waals surface area contributed by atoms with Gasteiger partial charge in [-0.15, -0.1) is 0 Å². The van der Waals surface area contributed by atoms with Crippen LogP contribution in [-0.2, 0) is 4.79 Å². The average Bonchev–Trinajstić information content (AvgIpc) is 2.36. The molecule has 1 aromatic carbocycles. The van der Waals surface area contributed by atoms with E-state index in [1.54, 1.807) is 4.90 Å². The minimum Gasteiger partial charge on any atom is -0.481 e. The van der Waals surface area contributed by atoms with E-state index in [1.807, 2.05) is 39.0 Å². The highest BCUT2D eigenvalue weighted by molar-refractivity contribution is 9.10. The number of aryl methyl sites for hydroxylation is 1. The van der Waals surface area contributed by atoms with E-state index in [1.165, 1.54) is 0 Å². The fourth-order valence-electron chi connectivity index (χ4n) is 1.95. The van der Waals surface area contributed by atoms with Crippen LogP contribution in [0.5, 0.6) is 0 Å². The van der Waals surface area contributed by atoms with Gasteiger partial charge in [-0.2, -0.15) is 0 Å². The molecule has 0 atom stereocenters. The lowest BCUT2D eigenvalue weighted by Gasteiger charge is -2.27. The fraction of sp³-hybridized carbons (Fsp3) is 0.467. The van der Waals surface area contributed by atoms with Gasteiger partial charge in [0.15, 0.2) is 0 Å². The molecule has 20 heavy (non-hydrogen) atoms. The maximum absolute atomic E-state index is 12.6. The first kappa shape index (κ1) is 16.7. The molecule has 5 heteroatoms. The molecule has 0 radical (unpaired) electrons. The summed E-state index contributed by atoms with van der Waals surface area (Å²) in [6, 6.07) is 5.67. The first-order valence-electron chi connectivity index (χ1n) is 6.62. The Balaban J connectivity index is 2.88. The van der Waals surface area contributed by atoms with Crippen LogP contribution in [0.1, 0.15) is 42.6 Å². The number of hydrogen-bond acceptors (Lipinski definition) is 2. The monoisotopic (exact) mass is 341 g/mol. The number of amides is 1. The van der Waals surface area contributed by atoms with Crippen molar-refractivity contribution in [2.24, 2.45) is 0 Å². The summed E-state index contributed by atoms with van der Waals surface area (Å²) in [7, 11) is 0. The third-order valence-corrected chi connectivity index (χ3v) is 3.72. The van der Waals surface area contributed by atoms with Crippen molar-refractivity contribution in [2.75, 3.05) is 6.54 Å². The molecule has 0 bridgehead atoms. The van der Waals surface area contributed by atoms with Crippen molar-refractivity contribution < 1.29 is 14.7 Å². The van der Waals surface area contributed by atoms with Crippen LogP contribution < -0.4 is 0 Å². The Morgan fingerprint density at radius 3 is 2.55 bits per heavy atom. The van der Waals surface area contributed by atoms with Gasteiger partial charge in [-0.3, -0.25) is 9.59 Å². The van der Waals surface area contributed by atoms with Crippen molar-refractivity contribution in [1.82, 2.24) is 4.90 Å². The van der Waals surface area contributed by atoms with Gasteiger partial charge in [0.25, 0.3) is 5.91 Å². The molecule has 1 amide bonds. The zero-order valence-electron chi connectivity index (χ0n) is 12.0. The Morgan fingerprint density at radius 1 is 1.35 bits per heavy atom. The predicted octanol–water partition coefficient (Wildman–Crippen LogP) is 3.47. The number of hydrogen-bond donors (Lipinski definition) is 1. The fourth-order valence-corrected chi connectivity index (χ4v) is 2.37.